The highest BCUT2D eigenvalue weighted by Gasteiger charge is 2.51. The van der Waals surface area contributed by atoms with Gasteiger partial charge in [0.1, 0.15) is 0 Å². The molecule has 0 saturated carbocycles. The molecule has 4 atom stereocenters. The van der Waals surface area contributed by atoms with Crippen molar-refractivity contribution in [3.8, 4) is 66.8 Å². The predicted molar refractivity (Wildman–Crippen MR) is 268 cm³/mol. The number of hydrogen-bond donors (Lipinski definition) is 0. The van der Waals surface area contributed by atoms with Gasteiger partial charge in [-0.1, -0.05) is 218 Å². The second-order valence-electron chi connectivity index (χ2n) is 18.4. The van der Waals surface area contributed by atoms with Crippen LogP contribution in [0.1, 0.15) is 40.0 Å². The molecule has 0 bridgehead atoms. The molecule has 64 heavy (non-hydrogen) atoms. The molecule has 0 aliphatic heterocycles. The van der Waals surface area contributed by atoms with Crippen molar-refractivity contribution in [3.63, 3.8) is 0 Å². The van der Waals surface area contributed by atoms with Crippen molar-refractivity contribution in [3.05, 3.63) is 246 Å². The summed E-state index contributed by atoms with van der Waals surface area (Å²) in [5.41, 5.74) is 24.9. The Labute approximate surface area is 372 Å². The van der Waals surface area contributed by atoms with Gasteiger partial charge in [0.2, 0.25) is 0 Å². The van der Waals surface area contributed by atoms with E-state index in [4.69, 9.17) is 0 Å². The van der Waals surface area contributed by atoms with Gasteiger partial charge < -0.3 is 0 Å². The Balaban J connectivity index is 1.01. The SMILES string of the molecule is C1=CC2c3c(c(-c4ccccc4)c4ccccc4c3-c3ccccc3)C3C=CC4C(=C1c1ccc5c6c(ccc4c16)-c1c-5c(-c4ccccc4)c4ccccc4c1-c1ccccc1)C23. The van der Waals surface area contributed by atoms with Crippen molar-refractivity contribution in [2.75, 3.05) is 0 Å². The molecule has 0 heterocycles. The molecule has 0 saturated heterocycles. The first kappa shape index (κ1) is 34.7. The lowest BCUT2D eigenvalue weighted by molar-refractivity contribution is 0.508. The first-order valence-electron chi connectivity index (χ1n) is 22.9. The third-order valence-corrected chi connectivity index (χ3v) is 15.5. The van der Waals surface area contributed by atoms with Gasteiger partial charge in [0.15, 0.2) is 0 Å². The van der Waals surface area contributed by atoms with Crippen LogP contribution in [0, 0.1) is 5.92 Å². The Morgan fingerprint density at radius 3 is 1.20 bits per heavy atom. The minimum Gasteiger partial charge on any atom is -0.0794 e. The lowest BCUT2D eigenvalue weighted by Crippen LogP contribution is -2.26. The minimum absolute atomic E-state index is 0.203. The van der Waals surface area contributed by atoms with Gasteiger partial charge in [0, 0.05) is 23.7 Å². The summed E-state index contributed by atoms with van der Waals surface area (Å²) in [7, 11) is 0. The molecule has 0 aromatic heterocycles. The summed E-state index contributed by atoms with van der Waals surface area (Å²) >= 11 is 0. The van der Waals surface area contributed by atoms with Crippen molar-refractivity contribution in [2.45, 2.75) is 17.8 Å². The maximum absolute atomic E-state index is 2.63. The minimum atomic E-state index is 0.203. The van der Waals surface area contributed by atoms with Crippen LogP contribution in [0.2, 0.25) is 0 Å². The van der Waals surface area contributed by atoms with Gasteiger partial charge in [-0.15, -0.1) is 0 Å². The lowest BCUT2D eigenvalue weighted by Gasteiger charge is -2.41. The molecule has 5 aliphatic carbocycles. The maximum atomic E-state index is 2.63. The second-order valence-corrected chi connectivity index (χ2v) is 18.4. The van der Waals surface area contributed by atoms with Crippen LogP contribution in [0.5, 0.6) is 0 Å². The van der Waals surface area contributed by atoms with Crippen molar-refractivity contribution >= 4 is 37.9 Å². The van der Waals surface area contributed by atoms with Gasteiger partial charge in [-0.25, -0.2) is 0 Å². The quantitative estimate of drug-likeness (QED) is 0.155. The van der Waals surface area contributed by atoms with Crippen LogP contribution in [0.3, 0.4) is 0 Å². The monoisotopic (exact) mass is 808 g/mol. The van der Waals surface area contributed by atoms with E-state index in [2.05, 4.69) is 218 Å². The zero-order chi connectivity index (χ0) is 41.6. The lowest BCUT2D eigenvalue weighted by atomic mass is 9.62. The summed E-state index contributed by atoms with van der Waals surface area (Å²) in [5, 5.41) is 8.12. The Morgan fingerprint density at radius 2 is 0.703 bits per heavy atom. The Bertz CT molecular complexity index is 3660. The van der Waals surface area contributed by atoms with E-state index >= 15 is 0 Å². The highest BCUT2D eigenvalue weighted by Crippen LogP contribution is 2.68. The molecule has 10 aromatic rings. The van der Waals surface area contributed by atoms with E-state index in [-0.39, 0.29) is 17.8 Å². The summed E-state index contributed by atoms with van der Waals surface area (Å²) in [6.45, 7) is 0. The summed E-state index contributed by atoms with van der Waals surface area (Å²) in [6.07, 6.45) is 10.4. The van der Waals surface area contributed by atoms with E-state index in [1.165, 1.54) is 127 Å². The molecular formula is C64H40. The summed E-state index contributed by atoms with van der Waals surface area (Å²) in [6, 6.07) is 72.9. The summed E-state index contributed by atoms with van der Waals surface area (Å²) in [5.74, 6) is 1.06. The van der Waals surface area contributed by atoms with Crippen LogP contribution < -0.4 is 0 Å². The smallest absolute Gasteiger partial charge is 0.0247 e. The summed E-state index contributed by atoms with van der Waals surface area (Å²) < 4.78 is 0. The number of rotatable bonds is 4. The molecule has 0 heteroatoms. The van der Waals surface area contributed by atoms with Gasteiger partial charge in [0.05, 0.1) is 0 Å². The molecule has 0 N–H and O–H groups in total. The molecule has 15 rings (SSSR count). The normalized spacial score (nSPS) is 19.1. The van der Waals surface area contributed by atoms with Crippen LogP contribution in [0.4, 0.5) is 0 Å². The number of allylic oxidation sites excluding steroid dienone is 6. The van der Waals surface area contributed by atoms with Crippen LogP contribution >= 0.6 is 0 Å². The van der Waals surface area contributed by atoms with Crippen molar-refractivity contribution in [1.29, 1.82) is 0 Å². The molecule has 4 unspecified atom stereocenters. The zero-order valence-electron chi connectivity index (χ0n) is 35.1. The predicted octanol–water partition coefficient (Wildman–Crippen LogP) is 16.9. The third kappa shape index (κ3) is 4.42. The molecule has 0 radical (unpaired) electrons. The third-order valence-electron chi connectivity index (χ3n) is 15.5. The Morgan fingerprint density at radius 1 is 0.297 bits per heavy atom. The van der Waals surface area contributed by atoms with E-state index in [0.29, 0.717) is 5.92 Å². The standard InChI is InChI=1S/C64H40/c1-5-17-37(18-6-1)53-41-25-13-14-26-42(41)54(38-19-7-2-8-20-38)62-50-34-30-46-48-32-36-52-60-51(35-31-47(58(48)60)45-29-33-49(61(53)62)59(50)57(45)46)63-55(39-21-9-3-10-22-39)43-27-15-16-28-44(43)56(64(52)63)40-23-11-4-12-24-40/h1-36,45,49-50,59H. The van der Waals surface area contributed by atoms with E-state index in [1.54, 1.807) is 5.57 Å². The van der Waals surface area contributed by atoms with E-state index < -0.39 is 0 Å². The van der Waals surface area contributed by atoms with Crippen LogP contribution in [-0.2, 0) is 0 Å². The van der Waals surface area contributed by atoms with Gasteiger partial charge >= 0.3 is 0 Å². The van der Waals surface area contributed by atoms with Crippen molar-refractivity contribution in [2.24, 2.45) is 5.92 Å². The Kier molecular flexibility index (Phi) is 6.99. The number of fused-ring (bicyclic) bond motifs is 10. The fourth-order valence-electron chi connectivity index (χ4n) is 13.3. The van der Waals surface area contributed by atoms with Crippen molar-refractivity contribution in [1.82, 2.24) is 0 Å². The van der Waals surface area contributed by atoms with Crippen molar-refractivity contribution < 1.29 is 0 Å². The average molecular weight is 809 g/mol. The van der Waals surface area contributed by atoms with Gasteiger partial charge in [-0.3, -0.25) is 0 Å². The molecular weight excluding hydrogens is 769 g/mol. The molecule has 0 fully saturated rings. The van der Waals surface area contributed by atoms with Crippen LogP contribution in [-0.4, -0.2) is 0 Å². The van der Waals surface area contributed by atoms with E-state index in [1.807, 2.05) is 0 Å². The van der Waals surface area contributed by atoms with Crippen LogP contribution in [0.15, 0.2) is 224 Å². The van der Waals surface area contributed by atoms with Gasteiger partial charge in [-0.2, -0.15) is 0 Å². The maximum Gasteiger partial charge on any atom is 0.0247 e. The second kappa shape index (κ2) is 12.9. The Hall–Kier alpha value is -7.80. The number of benzene rings is 10. The topological polar surface area (TPSA) is 0 Å². The highest BCUT2D eigenvalue weighted by molar-refractivity contribution is 6.29. The van der Waals surface area contributed by atoms with Crippen LogP contribution in [0.25, 0.3) is 105 Å². The molecule has 10 aromatic carbocycles. The van der Waals surface area contributed by atoms with Gasteiger partial charge in [0.25, 0.3) is 0 Å². The fourth-order valence-corrected chi connectivity index (χ4v) is 13.3. The van der Waals surface area contributed by atoms with E-state index in [9.17, 15) is 0 Å². The molecule has 296 valence electrons. The fraction of sp³-hybridized carbons (Fsp3) is 0.0625. The summed E-state index contributed by atoms with van der Waals surface area (Å²) in [4.78, 5) is 0. The highest BCUT2D eigenvalue weighted by atomic mass is 14.5. The molecule has 0 amide bonds. The molecule has 5 aliphatic rings. The largest absolute Gasteiger partial charge is 0.0794 e. The van der Waals surface area contributed by atoms with E-state index in [0.717, 1.165) is 0 Å². The zero-order valence-corrected chi connectivity index (χ0v) is 35.1. The first-order chi connectivity index (χ1) is 31.8. The average Bonchev–Trinajstić information content (AvgIpc) is 3.88. The molecule has 0 spiro atoms. The van der Waals surface area contributed by atoms with Gasteiger partial charge in [-0.05, 0) is 132 Å². The first-order valence-corrected chi connectivity index (χ1v) is 22.9. The number of hydrogen-bond acceptors (Lipinski definition) is 0. The molecule has 0 nitrogen and oxygen atoms in total.